The first kappa shape index (κ1) is 20.3. The zero-order valence-corrected chi connectivity index (χ0v) is 15.3. The van der Waals surface area contributed by atoms with Crippen molar-refractivity contribution >= 4 is 16.2 Å². The van der Waals surface area contributed by atoms with Crippen molar-refractivity contribution in [2.24, 2.45) is 0 Å². The molecule has 1 N–H and O–H groups in total. The van der Waals surface area contributed by atoms with Crippen LogP contribution in [0.25, 0.3) is 0 Å². The van der Waals surface area contributed by atoms with Gasteiger partial charge in [-0.25, -0.2) is 4.79 Å². The first-order valence-electron chi connectivity index (χ1n) is 7.89. The van der Waals surface area contributed by atoms with E-state index in [2.05, 4.69) is 9.50 Å². The Labute approximate surface area is 149 Å². The summed E-state index contributed by atoms with van der Waals surface area (Å²) in [5.41, 5.74) is -4.66. The first-order chi connectivity index (χ1) is 11.8. The van der Waals surface area contributed by atoms with Gasteiger partial charge in [0.25, 0.3) is 0 Å². The molecule has 0 aliphatic heterocycles. The maximum atomic E-state index is 12.4. The second-order valence-corrected chi connectivity index (χ2v) is 8.54. The Morgan fingerprint density at radius 3 is 2.42 bits per heavy atom. The second-order valence-electron chi connectivity index (χ2n) is 7.00. The van der Waals surface area contributed by atoms with Crippen molar-refractivity contribution in [3.8, 4) is 5.75 Å². The van der Waals surface area contributed by atoms with Gasteiger partial charge in [-0.05, 0) is 63.3 Å². The molecule has 0 fully saturated rings. The molecular formula is C16H20F3NO5S. The van der Waals surface area contributed by atoms with Gasteiger partial charge in [0, 0.05) is 6.04 Å². The molecule has 146 valence electrons. The SMILES string of the molecule is CC(C)(C)OC(=O)N[C@H]1CCc2ccc(OS(=O)(=O)C(F)(F)F)cc2C1. The van der Waals surface area contributed by atoms with Crippen LogP contribution in [-0.2, 0) is 27.7 Å². The van der Waals surface area contributed by atoms with Crippen LogP contribution in [-0.4, -0.2) is 31.7 Å². The summed E-state index contributed by atoms with van der Waals surface area (Å²) in [6.07, 6.45) is 0.964. The standard InChI is InChI=1S/C16H20F3NO5S/c1-15(2,3)24-14(21)20-12-6-4-10-5-7-13(9-11(10)8-12)25-26(22,23)16(17,18)19/h5,7,9,12H,4,6,8H2,1-3H3,(H,20,21)/t12-/m0/s1. The Morgan fingerprint density at radius 2 is 1.85 bits per heavy atom. The lowest BCUT2D eigenvalue weighted by molar-refractivity contribution is -0.0500. The summed E-state index contributed by atoms with van der Waals surface area (Å²) in [5, 5.41) is 2.71. The van der Waals surface area contributed by atoms with Gasteiger partial charge in [0.05, 0.1) is 0 Å². The fourth-order valence-electron chi connectivity index (χ4n) is 2.56. The third-order valence-corrected chi connectivity index (χ3v) is 4.60. The largest absolute Gasteiger partial charge is 0.534 e. The lowest BCUT2D eigenvalue weighted by atomic mass is 9.88. The molecule has 0 saturated carbocycles. The van der Waals surface area contributed by atoms with E-state index in [0.29, 0.717) is 24.8 Å². The van der Waals surface area contributed by atoms with E-state index in [1.165, 1.54) is 18.2 Å². The lowest BCUT2D eigenvalue weighted by Gasteiger charge is -2.27. The van der Waals surface area contributed by atoms with Crippen LogP contribution in [0.5, 0.6) is 5.75 Å². The number of rotatable bonds is 3. The minimum atomic E-state index is -5.72. The van der Waals surface area contributed by atoms with Crippen LogP contribution in [0, 0.1) is 0 Å². The normalized spacial score (nSPS) is 18.0. The van der Waals surface area contributed by atoms with Crippen LogP contribution in [0.3, 0.4) is 0 Å². The maximum Gasteiger partial charge on any atom is 0.534 e. The fraction of sp³-hybridized carbons (Fsp3) is 0.562. The van der Waals surface area contributed by atoms with E-state index in [0.717, 1.165) is 5.56 Å². The predicted octanol–water partition coefficient (Wildman–Crippen LogP) is 3.30. The smallest absolute Gasteiger partial charge is 0.444 e. The van der Waals surface area contributed by atoms with Gasteiger partial charge in [-0.2, -0.15) is 21.6 Å². The molecule has 0 radical (unpaired) electrons. The van der Waals surface area contributed by atoms with Gasteiger partial charge in [0.15, 0.2) is 0 Å². The zero-order valence-electron chi connectivity index (χ0n) is 14.5. The molecule has 0 unspecified atom stereocenters. The lowest BCUT2D eigenvalue weighted by Crippen LogP contribution is -2.41. The van der Waals surface area contributed by atoms with Gasteiger partial charge >= 0.3 is 21.7 Å². The van der Waals surface area contributed by atoms with Crippen molar-refractivity contribution in [3.63, 3.8) is 0 Å². The maximum absolute atomic E-state index is 12.4. The van der Waals surface area contributed by atoms with E-state index in [-0.39, 0.29) is 6.04 Å². The summed E-state index contributed by atoms with van der Waals surface area (Å²) in [7, 11) is -5.72. The van der Waals surface area contributed by atoms with Crippen molar-refractivity contribution in [1.82, 2.24) is 5.32 Å². The van der Waals surface area contributed by atoms with Gasteiger partial charge in [-0.1, -0.05) is 6.07 Å². The number of nitrogens with one attached hydrogen (secondary N) is 1. The van der Waals surface area contributed by atoms with Gasteiger partial charge in [-0.3, -0.25) is 0 Å². The number of ether oxygens (including phenoxy) is 1. The minimum absolute atomic E-state index is 0.271. The van der Waals surface area contributed by atoms with Crippen LogP contribution in [0.15, 0.2) is 18.2 Å². The number of hydrogen-bond acceptors (Lipinski definition) is 5. The molecule has 1 aromatic rings. The van der Waals surface area contributed by atoms with Gasteiger partial charge in [0.2, 0.25) is 0 Å². The molecule has 2 rings (SSSR count). The Balaban J connectivity index is 2.09. The predicted molar refractivity (Wildman–Crippen MR) is 87.2 cm³/mol. The third kappa shape index (κ3) is 5.26. The van der Waals surface area contributed by atoms with Crippen molar-refractivity contribution in [2.45, 2.75) is 57.2 Å². The summed E-state index contributed by atoms with van der Waals surface area (Å²) in [5.74, 6) is -0.418. The van der Waals surface area contributed by atoms with Crippen molar-refractivity contribution < 1.29 is 35.3 Å². The quantitative estimate of drug-likeness (QED) is 0.627. The number of carbonyl (C=O) groups is 1. The number of fused-ring (bicyclic) bond motifs is 1. The number of benzene rings is 1. The highest BCUT2D eigenvalue weighted by molar-refractivity contribution is 7.88. The van der Waals surface area contributed by atoms with Crippen LogP contribution in [0.2, 0.25) is 0 Å². The number of halogens is 3. The van der Waals surface area contributed by atoms with E-state index in [4.69, 9.17) is 4.74 Å². The molecule has 0 bridgehead atoms. The van der Waals surface area contributed by atoms with Crippen LogP contribution >= 0.6 is 0 Å². The highest BCUT2D eigenvalue weighted by Crippen LogP contribution is 2.30. The minimum Gasteiger partial charge on any atom is -0.444 e. The topological polar surface area (TPSA) is 81.7 Å². The number of alkyl carbamates (subject to hydrolysis) is 1. The number of amides is 1. The summed E-state index contributed by atoms with van der Waals surface area (Å²) in [4.78, 5) is 11.8. The Morgan fingerprint density at radius 1 is 1.19 bits per heavy atom. The molecule has 1 aromatic carbocycles. The highest BCUT2D eigenvalue weighted by Gasteiger charge is 2.48. The number of aryl methyl sites for hydroxylation is 1. The fourth-order valence-corrected chi connectivity index (χ4v) is 3.01. The average molecular weight is 395 g/mol. The average Bonchev–Trinajstić information content (AvgIpc) is 2.43. The molecule has 0 saturated heterocycles. The van der Waals surface area contributed by atoms with Gasteiger partial charge < -0.3 is 14.2 Å². The summed E-state index contributed by atoms with van der Waals surface area (Å²) < 4.78 is 68.8. The Kier molecular flexibility index (Phi) is 5.46. The third-order valence-electron chi connectivity index (χ3n) is 3.62. The van der Waals surface area contributed by atoms with Gasteiger partial charge in [-0.15, -0.1) is 0 Å². The molecule has 0 spiro atoms. The summed E-state index contributed by atoms with van der Waals surface area (Å²) >= 11 is 0. The molecule has 6 nitrogen and oxygen atoms in total. The van der Waals surface area contributed by atoms with Crippen molar-refractivity contribution in [2.75, 3.05) is 0 Å². The molecule has 0 heterocycles. The highest BCUT2D eigenvalue weighted by atomic mass is 32.2. The number of hydrogen-bond donors (Lipinski definition) is 1. The molecule has 0 aromatic heterocycles. The monoisotopic (exact) mass is 395 g/mol. The van der Waals surface area contributed by atoms with Gasteiger partial charge in [0.1, 0.15) is 11.4 Å². The van der Waals surface area contributed by atoms with E-state index in [9.17, 15) is 26.4 Å². The van der Waals surface area contributed by atoms with Crippen LogP contribution in [0.4, 0.5) is 18.0 Å². The van der Waals surface area contributed by atoms with Crippen molar-refractivity contribution in [1.29, 1.82) is 0 Å². The van der Waals surface area contributed by atoms with E-state index in [1.54, 1.807) is 20.8 Å². The Hall–Kier alpha value is -1.97. The summed E-state index contributed by atoms with van der Waals surface area (Å²) in [6, 6.07) is 3.69. The molecule has 26 heavy (non-hydrogen) atoms. The van der Waals surface area contributed by atoms with Crippen LogP contribution < -0.4 is 9.50 Å². The van der Waals surface area contributed by atoms with Crippen LogP contribution in [0.1, 0.15) is 38.3 Å². The second kappa shape index (κ2) is 6.98. The summed E-state index contributed by atoms with van der Waals surface area (Å²) in [6.45, 7) is 5.19. The molecule has 1 atom stereocenters. The number of carbonyl (C=O) groups excluding carboxylic acids is 1. The zero-order chi connectivity index (χ0) is 19.8. The molecule has 1 aliphatic carbocycles. The molecular weight excluding hydrogens is 375 g/mol. The van der Waals surface area contributed by atoms with E-state index >= 15 is 0 Å². The molecule has 1 aliphatic rings. The number of alkyl halides is 3. The van der Waals surface area contributed by atoms with E-state index in [1.807, 2.05) is 0 Å². The first-order valence-corrected chi connectivity index (χ1v) is 9.30. The molecule has 1 amide bonds. The van der Waals surface area contributed by atoms with Crippen molar-refractivity contribution in [3.05, 3.63) is 29.3 Å². The van der Waals surface area contributed by atoms with E-state index < -0.39 is 33.1 Å². The molecule has 10 heteroatoms. The Bertz CT molecular complexity index is 784.